The maximum atomic E-state index is 13.0. The van der Waals surface area contributed by atoms with E-state index in [4.69, 9.17) is 9.05 Å². The van der Waals surface area contributed by atoms with Crippen molar-refractivity contribution in [2.75, 3.05) is 40.9 Å². The lowest BCUT2D eigenvalue weighted by Crippen LogP contribution is -2.45. The molecule has 0 aromatic rings. The monoisotopic (exact) mass is 1010 g/mol. The average Bonchev–Trinajstić information content (AvgIpc) is 3.32. The topological polar surface area (TPSA) is 108 Å². The van der Waals surface area contributed by atoms with Crippen molar-refractivity contribution in [3.05, 3.63) is 36.5 Å². The Morgan fingerprint density at radius 1 is 0.486 bits per heavy atom. The molecule has 0 aliphatic heterocycles. The van der Waals surface area contributed by atoms with Crippen molar-refractivity contribution in [2.45, 2.75) is 309 Å². The molecule has 0 fully saturated rings. The standard InChI is InChI=1S/C61H119N2O6P/c1-6-8-10-12-14-16-18-20-22-24-26-27-28-29-30-31-32-33-34-35-37-39-41-43-45-47-49-51-53-55-61(65)62-59(58-69-70(66,67)68-57-56-63(3,4)5)60(64)54-52-50-48-46-44-42-40-38-36-25-23-21-19-17-15-13-11-9-7-2/h24,26,44,46,52,54,59-60,64H,6-23,25,27-43,45,47-51,53,55-58H2,1-5H3,(H-,62,65,66,67)/b26-24-,46-44+,54-52+. The number of carbonyl (C=O) groups is 1. The maximum Gasteiger partial charge on any atom is 0.268 e. The van der Waals surface area contributed by atoms with E-state index in [0.717, 1.165) is 38.5 Å². The largest absolute Gasteiger partial charge is 0.756 e. The van der Waals surface area contributed by atoms with Gasteiger partial charge in [-0.15, -0.1) is 0 Å². The Balaban J connectivity index is 4.14. The number of phosphoric ester groups is 1. The first-order chi connectivity index (χ1) is 34.0. The summed E-state index contributed by atoms with van der Waals surface area (Å²) < 4.78 is 23.4. The van der Waals surface area contributed by atoms with E-state index in [-0.39, 0.29) is 19.1 Å². The lowest BCUT2D eigenvalue weighted by Gasteiger charge is -2.29. The molecule has 0 saturated carbocycles. The minimum absolute atomic E-state index is 0.00490. The minimum Gasteiger partial charge on any atom is -0.756 e. The van der Waals surface area contributed by atoms with Crippen LogP contribution in [0, 0.1) is 0 Å². The Morgan fingerprint density at radius 3 is 1.16 bits per heavy atom. The molecular formula is C61H119N2O6P. The fourth-order valence-corrected chi connectivity index (χ4v) is 9.77. The van der Waals surface area contributed by atoms with Gasteiger partial charge in [-0.2, -0.15) is 0 Å². The van der Waals surface area contributed by atoms with Crippen LogP contribution >= 0.6 is 7.82 Å². The highest BCUT2D eigenvalue weighted by atomic mass is 31.2. The summed E-state index contributed by atoms with van der Waals surface area (Å²) in [6.07, 6.45) is 68.1. The van der Waals surface area contributed by atoms with E-state index in [0.29, 0.717) is 17.4 Å². The van der Waals surface area contributed by atoms with Crippen molar-refractivity contribution in [3.63, 3.8) is 0 Å². The molecule has 0 aromatic heterocycles. The first-order valence-corrected chi connectivity index (χ1v) is 31.8. The van der Waals surface area contributed by atoms with Crippen LogP contribution in [0.4, 0.5) is 0 Å². The molecule has 2 N–H and O–H groups in total. The first kappa shape index (κ1) is 68.7. The number of aliphatic hydroxyl groups is 1. The molecule has 0 aliphatic rings. The highest BCUT2D eigenvalue weighted by Crippen LogP contribution is 2.38. The predicted octanol–water partition coefficient (Wildman–Crippen LogP) is 17.9. The summed E-state index contributed by atoms with van der Waals surface area (Å²) in [6.45, 7) is 4.67. The number of allylic oxidation sites excluding steroid dienone is 5. The zero-order valence-corrected chi connectivity index (χ0v) is 48.1. The highest BCUT2D eigenvalue weighted by Gasteiger charge is 2.23. The number of phosphoric acid groups is 1. The molecule has 0 saturated heterocycles. The quantitative estimate of drug-likeness (QED) is 0.0272. The van der Waals surface area contributed by atoms with Crippen molar-refractivity contribution in [1.82, 2.24) is 5.32 Å². The third-order valence-corrected chi connectivity index (χ3v) is 14.8. The number of hydrogen-bond donors (Lipinski definition) is 2. The summed E-state index contributed by atoms with van der Waals surface area (Å²) in [5, 5.41) is 13.9. The van der Waals surface area contributed by atoms with Crippen molar-refractivity contribution in [3.8, 4) is 0 Å². The van der Waals surface area contributed by atoms with Gasteiger partial charge in [-0.25, -0.2) is 0 Å². The lowest BCUT2D eigenvalue weighted by atomic mass is 10.0. The molecule has 0 aliphatic carbocycles. The normalized spacial score (nSPS) is 14.1. The maximum absolute atomic E-state index is 13.0. The van der Waals surface area contributed by atoms with Crippen LogP contribution in [-0.2, 0) is 18.4 Å². The molecule has 70 heavy (non-hydrogen) atoms. The van der Waals surface area contributed by atoms with Gasteiger partial charge in [0, 0.05) is 6.42 Å². The molecule has 0 spiro atoms. The molecule has 0 radical (unpaired) electrons. The Bertz CT molecular complexity index is 1230. The summed E-state index contributed by atoms with van der Waals surface area (Å²) in [4.78, 5) is 25.5. The molecule has 0 heterocycles. The van der Waals surface area contributed by atoms with E-state index in [1.807, 2.05) is 27.2 Å². The fourth-order valence-electron chi connectivity index (χ4n) is 9.05. The second-order valence-corrected chi connectivity index (χ2v) is 23.5. The number of nitrogens with zero attached hydrogens (tertiary/aromatic N) is 1. The van der Waals surface area contributed by atoms with E-state index in [2.05, 4.69) is 43.5 Å². The van der Waals surface area contributed by atoms with Gasteiger partial charge in [0.15, 0.2) is 0 Å². The van der Waals surface area contributed by atoms with E-state index in [1.165, 1.54) is 238 Å². The molecule has 8 nitrogen and oxygen atoms in total. The van der Waals surface area contributed by atoms with Crippen molar-refractivity contribution >= 4 is 13.7 Å². The Labute approximate surface area is 436 Å². The zero-order chi connectivity index (χ0) is 51.3. The van der Waals surface area contributed by atoms with Crippen LogP contribution in [0.5, 0.6) is 0 Å². The van der Waals surface area contributed by atoms with Crippen molar-refractivity contribution in [2.24, 2.45) is 0 Å². The Hall–Kier alpha value is -1.28. The molecule has 1 amide bonds. The summed E-state index contributed by atoms with van der Waals surface area (Å²) in [5.41, 5.74) is 0. The molecule has 414 valence electrons. The van der Waals surface area contributed by atoms with Crippen LogP contribution < -0.4 is 10.2 Å². The molecule has 9 heteroatoms. The van der Waals surface area contributed by atoms with Gasteiger partial charge in [-0.3, -0.25) is 9.36 Å². The molecular weight excluding hydrogens is 888 g/mol. The summed E-state index contributed by atoms with van der Waals surface area (Å²) >= 11 is 0. The minimum atomic E-state index is -4.60. The van der Waals surface area contributed by atoms with E-state index in [1.54, 1.807) is 6.08 Å². The number of amides is 1. The van der Waals surface area contributed by atoms with Crippen LogP contribution in [0.2, 0.25) is 0 Å². The fraction of sp³-hybridized carbons (Fsp3) is 0.885. The van der Waals surface area contributed by atoms with Gasteiger partial charge in [0.25, 0.3) is 7.82 Å². The van der Waals surface area contributed by atoms with Gasteiger partial charge in [-0.1, -0.05) is 269 Å². The van der Waals surface area contributed by atoms with Gasteiger partial charge < -0.3 is 28.8 Å². The van der Waals surface area contributed by atoms with Gasteiger partial charge >= 0.3 is 0 Å². The van der Waals surface area contributed by atoms with Crippen LogP contribution in [0.3, 0.4) is 0 Å². The number of unbranched alkanes of at least 4 members (excludes halogenated alkanes) is 39. The SMILES string of the molecule is CCCCCCCCCC/C=C\CCCCCCCCCCCCCCCCCCCC(=O)NC(COP(=O)([O-])OCC[N+](C)(C)C)C(O)/C=C/CC/C=C/CCCCCCCCCCCCCCC. The molecule has 0 rings (SSSR count). The molecule has 0 bridgehead atoms. The van der Waals surface area contributed by atoms with Crippen LogP contribution in [0.25, 0.3) is 0 Å². The second kappa shape index (κ2) is 52.6. The van der Waals surface area contributed by atoms with Crippen molar-refractivity contribution < 1.29 is 32.9 Å². The van der Waals surface area contributed by atoms with Gasteiger partial charge in [0.05, 0.1) is 39.9 Å². The van der Waals surface area contributed by atoms with Gasteiger partial charge in [-0.05, 0) is 57.8 Å². The summed E-state index contributed by atoms with van der Waals surface area (Å²) in [6, 6.07) is -0.902. The summed E-state index contributed by atoms with van der Waals surface area (Å²) in [5.74, 6) is -0.202. The van der Waals surface area contributed by atoms with Crippen LogP contribution in [0.1, 0.15) is 296 Å². The van der Waals surface area contributed by atoms with E-state index < -0.39 is 20.0 Å². The number of nitrogens with one attached hydrogen (secondary N) is 1. The third kappa shape index (κ3) is 54.5. The number of rotatable bonds is 56. The molecule has 3 unspecified atom stereocenters. The van der Waals surface area contributed by atoms with Crippen LogP contribution in [-0.4, -0.2) is 68.5 Å². The smallest absolute Gasteiger partial charge is 0.268 e. The van der Waals surface area contributed by atoms with Crippen LogP contribution in [0.15, 0.2) is 36.5 Å². The van der Waals surface area contributed by atoms with Crippen molar-refractivity contribution in [1.29, 1.82) is 0 Å². The first-order valence-electron chi connectivity index (χ1n) is 30.4. The molecule has 0 aromatic carbocycles. The second-order valence-electron chi connectivity index (χ2n) is 22.0. The lowest BCUT2D eigenvalue weighted by molar-refractivity contribution is -0.870. The van der Waals surface area contributed by atoms with E-state index >= 15 is 0 Å². The highest BCUT2D eigenvalue weighted by molar-refractivity contribution is 7.45. The number of likely N-dealkylation sites (N-methyl/N-ethyl adjacent to an activating group) is 1. The molecule has 3 atom stereocenters. The third-order valence-electron chi connectivity index (χ3n) is 13.8. The number of quaternary nitrogens is 1. The zero-order valence-electron chi connectivity index (χ0n) is 47.2. The Kier molecular flexibility index (Phi) is 51.6. The predicted molar refractivity (Wildman–Crippen MR) is 302 cm³/mol. The number of hydrogen-bond acceptors (Lipinski definition) is 6. The van der Waals surface area contributed by atoms with Gasteiger partial charge in [0.1, 0.15) is 13.2 Å². The van der Waals surface area contributed by atoms with Gasteiger partial charge in [0.2, 0.25) is 5.91 Å². The average molecular weight is 1010 g/mol. The summed E-state index contributed by atoms with van der Waals surface area (Å²) in [7, 11) is 1.25. The number of carbonyl (C=O) groups excluding carboxylic acids is 1. The number of aliphatic hydroxyl groups excluding tert-OH is 1. The Morgan fingerprint density at radius 2 is 0.800 bits per heavy atom. The van der Waals surface area contributed by atoms with E-state index in [9.17, 15) is 19.4 Å².